The summed E-state index contributed by atoms with van der Waals surface area (Å²) in [6.45, 7) is 11.3. The molecule has 0 aliphatic carbocycles. The Hall–Kier alpha value is -2.67. The van der Waals surface area contributed by atoms with Crippen LogP contribution in [0.3, 0.4) is 0 Å². The SMILES string of the molecule is CC1=C(N2CCC3(CCN([C@H](C)[C@@H](C)c4ccc5c(c4C)COC5=O)CC3)C2=O)COC1=O. The fourth-order valence-corrected chi connectivity index (χ4v) is 6.09. The quantitative estimate of drug-likeness (QED) is 0.653. The number of benzene rings is 1. The Balaban J connectivity index is 1.27. The van der Waals surface area contributed by atoms with Gasteiger partial charge in [0.2, 0.25) is 5.91 Å². The van der Waals surface area contributed by atoms with Crippen LogP contribution >= 0.6 is 0 Å². The molecule has 2 saturated heterocycles. The first-order valence-corrected chi connectivity index (χ1v) is 12.0. The van der Waals surface area contributed by atoms with E-state index in [1.54, 1.807) is 11.8 Å². The Morgan fingerprint density at radius 1 is 0.909 bits per heavy atom. The standard InChI is InChI=1S/C26H32N2O5/c1-15(19-5-6-20-21(16(19)2)13-32-24(20)30)18(4)27-10-7-26(8-11-27)9-12-28(25(26)31)22-14-33-23(29)17(22)3/h5-6,15,18H,7-14H2,1-4H3/t15-,18-/m1/s1. The van der Waals surface area contributed by atoms with Crippen molar-refractivity contribution in [1.29, 1.82) is 0 Å². The van der Waals surface area contributed by atoms with E-state index >= 15 is 0 Å². The summed E-state index contributed by atoms with van der Waals surface area (Å²) in [6, 6.07) is 4.30. The Kier molecular flexibility index (Phi) is 5.35. The average molecular weight is 453 g/mol. The summed E-state index contributed by atoms with van der Waals surface area (Å²) < 4.78 is 10.4. The largest absolute Gasteiger partial charge is 0.457 e. The molecule has 4 aliphatic heterocycles. The second kappa shape index (κ2) is 7.97. The highest BCUT2D eigenvalue weighted by Crippen LogP contribution is 2.45. The third-order valence-electron chi connectivity index (χ3n) is 8.67. The topological polar surface area (TPSA) is 76.2 Å². The second-order valence-corrected chi connectivity index (χ2v) is 10.1. The van der Waals surface area contributed by atoms with E-state index in [-0.39, 0.29) is 29.9 Å². The molecule has 7 heteroatoms. The third-order valence-corrected chi connectivity index (χ3v) is 8.67. The maximum Gasteiger partial charge on any atom is 0.338 e. The van der Waals surface area contributed by atoms with E-state index in [1.807, 2.05) is 6.07 Å². The van der Waals surface area contributed by atoms with Gasteiger partial charge < -0.3 is 14.4 Å². The van der Waals surface area contributed by atoms with Crippen molar-refractivity contribution in [2.24, 2.45) is 5.41 Å². The molecule has 0 N–H and O–H groups in total. The first-order valence-electron chi connectivity index (χ1n) is 12.0. The van der Waals surface area contributed by atoms with Crippen molar-refractivity contribution in [1.82, 2.24) is 9.80 Å². The van der Waals surface area contributed by atoms with E-state index < -0.39 is 0 Å². The average Bonchev–Trinajstić information content (AvgIpc) is 3.45. The number of hydrogen-bond donors (Lipinski definition) is 0. The summed E-state index contributed by atoms with van der Waals surface area (Å²) in [4.78, 5) is 41.3. The predicted molar refractivity (Wildman–Crippen MR) is 121 cm³/mol. The number of esters is 2. The number of ether oxygens (including phenoxy) is 2. The van der Waals surface area contributed by atoms with Gasteiger partial charge in [-0.15, -0.1) is 0 Å². The zero-order chi connectivity index (χ0) is 23.5. The number of rotatable bonds is 4. The summed E-state index contributed by atoms with van der Waals surface area (Å²) in [5.41, 5.74) is 5.13. The molecule has 1 aromatic carbocycles. The molecule has 0 bridgehead atoms. The van der Waals surface area contributed by atoms with E-state index in [2.05, 4.69) is 31.7 Å². The van der Waals surface area contributed by atoms with Crippen LogP contribution in [0.4, 0.5) is 0 Å². The van der Waals surface area contributed by atoms with Gasteiger partial charge in [0.15, 0.2) is 0 Å². The molecular weight excluding hydrogens is 420 g/mol. The Morgan fingerprint density at radius 3 is 2.24 bits per heavy atom. The summed E-state index contributed by atoms with van der Waals surface area (Å²) >= 11 is 0. The highest BCUT2D eigenvalue weighted by molar-refractivity contribution is 5.94. The number of cyclic esters (lactones) is 2. The van der Waals surface area contributed by atoms with Gasteiger partial charge >= 0.3 is 11.9 Å². The van der Waals surface area contributed by atoms with Gasteiger partial charge in [0.05, 0.1) is 22.2 Å². The van der Waals surface area contributed by atoms with Crippen molar-refractivity contribution >= 4 is 17.8 Å². The molecule has 1 aromatic rings. The summed E-state index contributed by atoms with van der Waals surface area (Å²) in [5.74, 6) is -0.0782. The second-order valence-electron chi connectivity index (χ2n) is 10.1. The fraction of sp³-hybridized carbons (Fsp3) is 0.577. The molecule has 7 nitrogen and oxygen atoms in total. The first kappa shape index (κ1) is 22.1. The van der Waals surface area contributed by atoms with Crippen LogP contribution in [0, 0.1) is 12.3 Å². The van der Waals surface area contributed by atoms with Crippen molar-refractivity contribution < 1.29 is 23.9 Å². The normalized spacial score (nSPS) is 24.4. The number of hydrogen-bond acceptors (Lipinski definition) is 6. The first-order chi connectivity index (χ1) is 15.7. The molecule has 176 valence electrons. The molecule has 2 atom stereocenters. The lowest BCUT2D eigenvalue weighted by Crippen LogP contribution is -2.48. The van der Waals surface area contributed by atoms with Crippen LogP contribution in [0.1, 0.15) is 73.0 Å². The van der Waals surface area contributed by atoms with E-state index in [0.717, 1.165) is 49.2 Å². The van der Waals surface area contributed by atoms with Crippen molar-refractivity contribution in [3.63, 3.8) is 0 Å². The van der Waals surface area contributed by atoms with Crippen LogP contribution in [-0.4, -0.2) is 59.9 Å². The van der Waals surface area contributed by atoms with Crippen molar-refractivity contribution in [2.45, 2.75) is 65.5 Å². The Bertz CT molecular complexity index is 1070. The maximum absolute atomic E-state index is 13.4. The number of amides is 1. The van der Waals surface area contributed by atoms with Crippen LogP contribution in [0.25, 0.3) is 0 Å². The lowest BCUT2D eigenvalue weighted by Gasteiger charge is -2.42. The Morgan fingerprint density at radius 2 is 1.58 bits per heavy atom. The summed E-state index contributed by atoms with van der Waals surface area (Å²) in [7, 11) is 0. The molecule has 0 radical (unpaired) electrons. The predicted octanol–water partition coefficient (Wildman–Crippen LogP) is 3.30. The molecule has 4 aliphatic rings. The fourth-order valence-electron chi connectivity index (χ4n) is 6.09. The molecule has 2 fully saturated rings. The number of fused-ring (bicyclic) bond motifs is 1. The number of nitrogens with zero attached hydrogens (tertiary/aromatic N) is 2. The molecule has 0 aromatic heterocycles. The summed E-state index contributed by atoms with van der Waals surface area (Å²) in [6.07, 6.45) is 2.52. The highest BCUT2D eigenvalue weighted by Gasteiger charge is 2.50. The highest BCUT2D eigenvalue weighted by atomic mass is 16.5. The van der Waals surface area contributed by atoms with Gasteiger partial charge in [0, 0.05) is 18.2 Å². The number of carbonyl (C=O) groups is 3. The van der Waals surface area contributed by atoms with Crippen LogP contribution < -0.4 is 0 Å². The van der Waals surface area contributed by atoms with Crippen LogP contribution in [-0.2, 0) is 25.7 Å². The molecule has 33 heavy (non-hydrogen) atoms. The number of piperidine rings is 1. The van der Waals surface area contributed by atoms with Gasteiger partial charge in [-0.2, -0.15) is 0 Å². The molecule has 0 saturated carbocycles. The molecule has 5 rings (SSSR count). The zero-order valence-corrected chi connectivity index (χ0v) is 19.9. The number of likely N-dealkylation sites (tertiary alicyclic amines) is 2. The molecule has 0 unspecified atom stereocenters. The minimum Gasteiger partial charge on any atom is -0.457 e. The van der Waals surface area contributed by atoms with E-state index in [4.69, 9.17) is 9.47 Å². The molecular formula is C26H32N2O5. The zero-order valence-electron chi connectivity index (χ0n) is 19.9. The van der Waals surface area contributed by atoms with Crippen LogP contribution in [0.5, 0.6) is 0 Å². The van der Waals surface area contributed by atoms with Gasteiger partial charge in [-0.05, 0) is 76.2 Å². The van der Waals surface area contributed by atoms with Crippen LogP contribution in [0.15, 0.2) is 23.4 Å². The summed E-state index contributed by atoms with van der Waals surface area (Å²) in [5, 5.41) is 0. The smallest absolute Gasteiger partial charge is 0.338 e. The van der Waals surface area contributed by atoms with Crippen molar-refractivity contribution in [3.8, 4) is 0 Å². The number of carbonyl (C=O) groups excluding carboxylic acids is 3. The molecule has 4 heterocycles. The van der Waals surface area contributed by atoms with E-state index in [9.17, 15) is 14.4 Å². The van der Waals surface area contributed by atoms with E-state index in [0.29, 0.717) is 36.2 Å². The minimum atomic E-state index is -0.320. The van der Waals surface area contributed by atoms with E-state index in [1.165, 1.54) is 5.56 Å². The minimum absolute atomic E-state index is 0.162. The van der Waals surface area contributed by atoms with Gasteiger partial charge in [-0.1, -0.05) is 13.0 Å². The van der Waals surface area contributed by atoms with Crippen molar-refractivity contribution in [3.05, 3.63) is 45.7 Å². The maximum atomic E-state index is 13.4. The van der Waals surface area contributed by atoms with Gasteiger partial charge in [-0.3, -0.25) is 9.69 Å². The van der Waals surface area contributed by atoms with Crippen molar-refractivity contribution in [2.75, 3.05) is 26.2 Å². The third kappa shape index (κ3) is 3.39. The lowest BCUT2D eigenvalue weighted by atomic mass is 9.76. The lowest BCUT2D eigenvalue weighted by molar-refractivity contribution is -0.138. The van der Waals surface area contributed by atoms with Crippen LogP contribution in [0.2, 0.25) is 0 Å². The van der Waals surface area contributed by atoms with Gasteiger partial charge in [0.1, 0.15) is 13.2 Å². The van der Waals surface area contributed by atoms with Gasteiger partial charge in [-0.25, -0.2) is 9.59 Å². The molecule has 1 amide bonds. The Labute approximate surface area is 194 Å². The monoisotopic (exact) mass is 452 g/mol. The van der Waals surface area contributed by atoms with Gasteiger partial charge in [0.25, 0.3) is 0 Å². The molecule has 1 spiro atoms.